The van der Waals surface area contributed by atoms with Crippen LogP contribution in [0.4, 0.5) is 4.79 Å². The van der Waals surface area contributed by atoms with Crippen LogP contribution in [0.15, 0.2) is 46.2 Å². The van der Waals surface area contributed by atoms with E-state index in [-0.39, 0.29) is 23.6 Å². The Bertz CT molecular complexity index is 1510. The zero-order valence-electron chi connectivity index (χ0n) is 29.8. The van der Waals surface area contributed by atoms with Gasteiger partial charge in [0.05, 0.1) is 6.10 Å². The first kappa shape index (κ1) is 39.5. The fraction of sp³-hybridized carbons (Fsp3) is 0.647. The number of esters is 1. The molecule has 0 saturated carbocycles. The maximum absolute atomic E-state index is 14.1. The topological polar surface area (TPSA) is 197 Å². The molecule has 0 aromatic carbocycles. The monoisotopic (exact) mass is 725 g/mol. The third-order valence-electron chi connectivity index (χ3n) is 10.1. The summed E-state index contributed by atoms with van der Waals surface area (Å²) in [6.07, 6.45) is -0.678. The average molecular weight is 726 g/mol. The van der Waals surface area contributed by atoms with Gasteiger partial charge in [-0.2, -0.15) is 0 Å². The number of likely N-dealkylation sites (N-methyl/N-ethyl adjacent to an activating group) is 2. The fourth-order valence-corrected chi connectivity index (χ4v) is 7.04. The first-order chi connectivity index (χ1) is 23.2. The molecule has 3 amide bonds. The Morgan fingerprint density at radius 1 is 1.22 bits per heavy atom. The van der Waals surface area contributed by atoms with Crippen molar-refractivity contribution < 1.29 is 58.2 Å². The predicted octanol–water partition coefficient (Wildman–Crippen LogP) is 1.60. The van der Waals surface area contributed by atoms with Crippen LogP contribution < -0.4 is 5.32 Å². The van der Waals surface area contributed by atoms with E-state index in [2.05, 4.69) is 5.32 Å². The number of halogens is 1. The first-order valence-electron chi connectivity index (χ1n) is 16.3. The van der Waals surface area contributed by atoms with E-state index in [0.29, 0.717) is 12.0 Å². The van der Waals surface area contributed by atoms with E-state index in [9.17, 15) is 34.5 Å². The van der Waals surface area contributed by atoms with Gasteiger partial charge in [-0.1, -0.05) is 47.9 Å². The molecule has 0 spiro atoms. The Hall–Kier alpha value is -3.31. The number of hydrogen-bond donors (Lipinski definition) is 4. The van der Waals surface area contributed by atoms with Gasteiger partial charge in [0.1, 0.15) is 28.9 Å². The number of methoxy groups -OCH3 is 2. The number of nitrogens with one attached hydrogen (secondary N) is 1. The molecule has 4 aliphatic rings. The van der Waals surface area contributed by atoms with Gasteiger partial charge in [0.25, 0.3) is 5.91 Å². The molecule has 3 aliphatic heterocycles. The van der Waals surface area contributed by atoms with Gasteiger partial charge >= 0.3 is 12.1 Å². The molecule has 4 rings (SSSR count). The number of alkyl carbamates (subject to hydrolysis) is 1. The van der Waals surface area contributed by atoms with Gasteiger partial charge in [0, 0.05) is 59.7 Å². The van der Waals surface area contributed by atoms with Gasteiger partial charge in [-0.15, -0.1) is 0 Å². The quantitative estimate of drug-likeness (QED) is 0.139. The number of amides is 3. The molecule has 2 fully saturated rings. The van der Waals surface area contributed by atoms with E-state index in [1.54, 1.807) is 25.2 Å². The van der Waals surface area contributed by atoms with Crippen molar-refractivity contribution in [1.82, 2.24) is 15.1 Å². The van der Waals surface area contributed by atoms with Crippen LogP contribution in [0.5, 0.6) is 0 Å². The Balaban J connectivity index is 1.82. The number of ether oxygens (including phenoxy) is 5. The van der Waals surface area contributed by atoms with Gasteiger partial charge in [-0.25, -0.2) is 9.59 Å². The van der Waals surface area contributed by atoms with Crippen LogP contribution in [0, 0.1) is 5.92 Å². The van der Waals surface area contributed by atoms with Crippen LogP contribution in [-0.4, -0.2) is 131 Å². The molecule has 3 heterocycles. The molecule has 0 aromatic heterocycles. The summed E-state index contributed by atoms with van der Waals surface area (Å²) in [4.78, 5) is 54.5. The highest BCUT2D eigenvalue weighted by molar-refractivity contribution is 6.31. The maximum atomic E-state index is 14.1. The van der Waals surface area contributed by atoms with E-state index in [0.717, 1.165) is 15.4 Å². The summed E-state index contributed by atoms with van der Waals surface area (Å²) in [6, 6.07) is -1.10. The molecule has 15 nitrogen and oxygen atoms in total. The number of epoxide rings is 1. The van der Waals surface area contributed by atoms with Gasteiger partial charge in [-0.3, -0.25) is 14.9 Å². The first-order valence-corrected chi connectivity index (χ1v) is 16.6. The van der Waals surface area contributed by atoms with E-state index >= 15 is 0 Å². The molecular weight excluding hydrogens is 678 g/mol. The third kappa shape index (κ3) is 7.64. The average Bonchev–Trinajstić information content (AvgIpc) is 3.75. The number of allylic oxidation sites excluding steroid dienone is 4. The van der Waals surface area contributed by atoms with Crippen molar-refractivity contribution >= 4 is 35.5 Å². The van der Waals surface area contributed by atoms with Gasteiger partial charge in [0.2, 0.25) is 11.7 Å². The molecule has 4 N–H and O–H groups in total. The Morgan fingerprint density at radius 3 is 2.48 bits per heavy atom. The molecule has 278 valence electrons. The van der Waals surface area contributed by atoms with Crippen molar-refractivity contribution in [2.24, 2.45) is 5.92 Å². The minimum atomic E-state index is -2.09. The Kier molecular flexibility index (Phi) is 11.6. The molecule has 1 aliphatic carbocycles. The van der Waals surface area contributed by atoms with E-state index in [4.69, 9.17) is 35.3 Å². The lowest BCUT2D eigenvalue weighted by molar-refractivity contribution is -0.172. The molecule has 10 atom stereocenters. The van der Waals surface area contributed by atoms with Crippen LogP contribution in [0.1, 0.15) is 53.9 Å². The van der Waals surface area contributed by atoms with Gasteiger partial charge < -0.3 is 48.8 Å². The number of aliphatic hydroxyl groups excluding tert-OH is 1. The summed E-state index contributed by atoms with van der Waals surface area (Å²) in [5, 5.41) is 37.0. The number of nitrogens with zero attached hydrogens (tertiary/aromatic N) is 2. The van der Waals surface area contributed by atoms with Crippen LogP contribution in [0.3, 0.4) is 0 Å². The van der Waals surface area contributed by atoms with Crippen LogP contribution in [0.2, 0.25) is 0 Å². The van der Waals surface area contributed by atoms with Crippen molar-refractivity contribution in [2.45, 2.75) is 108 Å². The van der Waals surface area contributed by atoms with E-state index in [1.165, 1.54) is 55.2 Å². The Morgan fingerprint density at radius 2 is 1.88 bits per heavy atom. The number of fused-ring (bicyclic) bond motifs is 5. The summed E-state index contributed by atoms with van der Waals surface area (Å²) in [5.74, 6) is -5.04. The second-order valence-corrected chi connectivity index (χ2v) is 14.0. The highest BCUT2D eigenvalue weighted by atomic mass is 35.5. The number of rotatable bonds is 5. The van der Waals surface area contributed by atoms with Crippen LogP contribution >= 0.6 is 11.6 Å². The second-order valence-electron chi connectivity index (χ2n) is 13.7. The van der Waals surface area contributed by atoms with Crippen LogP contribution in [-0.2, 0) is 38.1 Å². The zero-order valence-corrected chi connectivity index (χ0v) is 30.5. The maximum Gasteiger partial charge on any atom is 0.409 e. The molecule has 0 aromatic rings. The smallest absolute Gasteiger partial charge is 0.409 e. The van der Waals surface area contributed by atoms with E-state index < -0.39 is 83.5 Å². The van der Waals surface area contributed by atoms with E-state index in [1.807, 2.05) is 6.92 Å². The number of hydrogen-bond acceptors (Lipinski definition) is 12. The van der Waals surface area contributed by atoms with Crippen molar-refractivity contribution in [3.63, 3.8) is 0 Å². The van der Waals surface area contributed by atoms with Crippen molar-refractivity contribution in [2.75, 3.05) is 28.3 Å². The number of carbonyl (C=O) groups excluding carboxylic acids is 4. The minimum absolute atomic E-state index is 0.0815. The highest BCUT2D eigenvalue weighted by Crippen LogP contribution is 2.49. The zero-order chi connectivity index (χ0) is 37.5. The summed E-state index contributed by atoms with van der Waals surface area (Å²) < 4.78 is 28.4. The number of carbonyl (C=O) groups is 4. The lowest BCUT2D eigenvalue weighted by Gasteiger charge is -2.42. The molecule has 3 unspecified atom stereocenters. The van der Waals surface area contributed by atoms with Crippen molar-refractivity contribution in [3.8, 4) is 0 Å². The normalized spacial score (nSPS) is 38.8. The summed E-state index contributed by atoms with van der Waals surface area (Å²) in [7, 11) is 5.40. The number of aliphatic hydroxyl groups is 3. The molecule has 16 heteroatoms. The molecule has 50 heavy (non-hydrogen) atoms. The molecule has 0 radical (unpaired) electrons. The van der Waals surface area contributed by atoms with Crippen molar-refractivity contribution in [3.05, 3.63) is 46.2 Å². The SMILES string of the molecule is COC1/C=C/C=C(\C)CC2=CC(O)(OC)C(Cl)=C(C2)N(C)C(=O)C(O)[C@H](OC(=O)[C@H](C)N(C)C(C)=O)[C@]2(C)O[C@H]2[C@H](C)[C@@H]2C[C@@]1(O)NC(=O)O2. The van der Waals surface area contributed by atoms with Gasteiger partial charge in [-0.05, 0) is 33.3 Å². The minimum Gasteiger partial charge on any atom is -0.454 e. The molecule has 2 saturated heterocycles. The van der Waals surface area contributed by atoms with Crippen molar-refractivity contribution in [1.29, 1.82) is 0 Å². The lowest BCUT2D eigenvalue weighted by Crippen LogP contribution is -2.63. The predicted molar refractivity (Wildman–Crippen MR) is 178 cm³/mol. The highest BCUT2D eigenvalue weighted by Gasteiger charge is 2.66. The molecular formula is C34H48ClN3O12. The second kappa shape index (κ2) is 14.7. The largest absolute Gasteiger partial charge is 0.454 e. The van der Waals surface area contributed by atoms with Gasteiger partial charge in [0.15, 0.2) is 17.9 Å². The summed E-state index contributed by atoms with van der Waals surface area (Å²) >= 11 is 6.64. The summed E-state index contributed by atoms with van der Waals surface area (Å²) in [5.41, 5.74) is -1.85. The van der Waals surface area contributed by atoms with Crippen LogP contribution in [0.25, 0.3) is 0 Å². The molecule has 4 bridgehead atoms. The summed E-state index contributed by atoms with van der Waals surface area (Å²) in [6.45, 7) is 7.77. The fourth-order valence-electron chi connectivity index (χ4n) is 6.72. The lowest BCUT2D eigenvalue weighted by atomic mass is 9.83. The standard InChI is InChI=1S/C34H48ClN3O12/c1-17-11-10-12-24(46-8)33(44)16-23(48-31(43)36-33)18(2)27-32(5,50-27)28(49-30(42)19(3)37(6)20(4)39)25(40)29(41)38(7)22-14-21(13-17)15-34(45,47-9)26(22)35/h10-12,15,18-19,23-25,27-28,40,44-45H,13-14,16H2,1-9H3,(H,36,43)/b12-10+,17-11+/t18-,19+,23+,24?,25?,27+,28+,32-,33+,34?/m1/s1. The Labute approximate surface area is 296 Å². The third-order valence-corrected chi connectivity index (χ3v) is 10.6.